The van der Waals surface area contributed by atoms with Crippen LogP contribution in [0.25, 0.3) is 0 Å². The molecule has 0 aliphatic heterocycles. The van der Waals surface area contributed by atoms with E-state index in [2.05, 4.69) is 22.2 Å². The van der Waals surface area contributed by atoms with Gasteiger partial charge in [-0.2, -0.15) is 0 Å². The van der Waals surface area contributed by atoms with Gasteiger partial charge in [-0.15, -0.1) is 0 Å². The predicted molar refractivity (Wildman–Crippen MR) is 65.5 cm³/mol. The molecule has 1 unspecified atom stereocenters. The van der Waals surface area contributed by atoms with Gasteiger partial charge in [-0.25, -0.2) is 9.97 Å². The zero-order chi connectivity index (χ0) is 11.9. The number of hydrogen-bond acceptors (Lipinski definition) is 4. The first-order valence-electron chi connectivity index (χ1n) is 5.93. The third-order valence-corrected chi connectivity index (χ3v) is 2.52. The van der Waals surface area contributed by atoms with E-state index in [4.69, 9.17) is 4.42 Å². The molecule has 0 saturated heterocycles. The van der Waals surface area contributed by atoms with Crippen molar-refractivity contribution in [3.05, 3.63) is 48.4 Å². The van der Waals surface area contributed by atoms with E-state index in [0.717, 1.165) is 31.0 Å². The summed E-state index contributed by atoms with van der Waals surface area (Å²) < 4.78 is 5.37. The summed E-state index contributed by atoms with van der Waals surface area (Å²) in [6.07, 6.45) is 7.09. The maximum Gasteiger partial charge on any atom is 0.145 e. The lowest BCUT2D eigenvalue weighted by molar-refractivity contribution is 0.437. The predicted octanol–water partition coefficient (Wildman–Crippen LogP) is 2.35. The summed E-state index contributed by atoms with van der Waals surface area (Å²) in [5.74, 6) is 1.77. The van der Waals surface area contributed by atoms with Crippen molar-refractivity contribution in [1.82, 2.24) is 15.3 Å². The second-order valence-corrected chi connectivity index (χ2v) is 3.90. The molecular weight excluding hydrogens is 214 g/mol. The Kier molecular flexibility index (Phi) is 4.27. The summed E-state index contributed by atoms with van der Waals surface area (Å²) >= 11 is 0. The first kappa shape index (κ1) is 11.8. The molecule has 0 radical (unpaired) electrons. The largest absolute Gasteiger partial charge is 0.469 e. The molecule has 0 saturated carbocycles. The van der Waals surface area contributed by atoms with Gasteiger partial charge in [0.05, 0.1) is 12.3 Å². The highest BCUT2D eigenvalue weighted by Gasteiger charge is 2.15. The average molecular weight is 231 g/mol. The summed E-state index contributed by atoms with van der Waals surface area (Å²) in [7, 11) is 0. The summed E-state index contributed by atoms with van der Waals surface area (Å²) in [6, 6.07) is 5.82. The van der Waals surface area contributed by atoms with E-state index in [9.17, 15) is 0 Å². The van der Waals surface area contributed by atoms with Crippen LogP contribution in [0.2, 0.25) is 0 Å². The van der Waals surface area contributed by atoms with Crippen LogP contribution in [0.5, 0.6) is 0 Å². The standard InChI is InChI=1S/C13H17N3O/c1-2-6-14-12(10-11-5-3-9-17-11)13-15-7-4-8-16-13/h3-5,7-9,12,14H,2,6,10H2,1H3. The van der Waals surface area contributed by atoms with E-state index in [1.165, 1.54) is 0 Å². The van der Waals surface area contributed by atoms with Crippen LogP contribution < -0.4 is 5.32 Å². The van der Waals surface area contributed by atoms with E-state index in [1.807, 2.05) is 18.2 Å². The molecule has 0 bridgehead atoms. The summed E-state index contributed by atoms with van der Waals surface area (Å²) in [6.45, 7) is 3.09. The van der Waals surface area contributed by atoms with Crippen molar-refractivity contribution in [2.24, 2.45) is 0 Å². The highest BCUT2D eigenvalue weighted by atomic mass is 16.3. The molecule has 17 heavy (non-hydrogen) atoms. The molecule has 0 aliphatic carbocycles. The van der Waals surface area contributed by atoms with Crippen molar-refractivity contribution in [3.63, 3.8) is 0 Å². The fourth-order valence-electron chi connectivity index (χ4n) is 1.69. The lowest BCUT2D eigenvalue weighted by atomic mass is 10.1. The lowest BCUT2D eigenvalue weighted by Gasteiger charge is -2.15. The third kappa shape index (κ3) is 3.39. The van der Waals surface area contributed by atoms with Gasteiger partial charge in [0.2, 0.25) is 0 Å². The zero-order valence-corrected chi connectivity index (χ0v) is 9.97. The minimum Gasteiger partial charge on any atom is -0.469 e. The van der Waals surface area contributed by atoms with Crippen LogP contribution in [0.3, 0.4) is 0 Å². The summed E-state index contributed by atoms with van der Waals surface area (Å²) in [5, 5.41) is 3.44. The van der Waals surface area contributed by atoms with Gasteiger partial charge in [-0.3, -0.25) is 0 Å². The van der Waals surface area contributed by atoms with E-state index in [0.29, 0.717) is 0 Å². The topological polar surface area (TPSA) is 51.0 Å². The fourth-order valence-corrected chi connectivity index (χ4v) is 1.69. The Morgan fingerprint density at radius 1 is 1.29 bits per heavy atom. The van der Waals surface area contributed by atoms with Crippen LogP contribution in [0, 0.1) is 0 Å². The fraction of sp³-hybridized carbons (Fsp3) is 0.385. The van der Waals surface area contributed by atoms with Crippen LogP contribution in [0.15, 0.2) is 41.3 Å². The third-order valence-electron chi connectivity index (χ3n) is 2.52. The molecule has 4 heteroatoms. The van der Waals surface area contributed by atoms with Crippen molar-refractivity contribution >= 4 is 0 Å². The molecule has 90 valence electrons. The highest BCUT2D eigenvalue weighted by molar-refractivity contribution is 5.05. The van der Waals surface area contributed by atoms with Gasteiger partial charge in [-0.05, 0) is 31.2 Å². The maximum atomic E-state index is 5.37. The Labute approximate surface area is 101 Å². The normalized spacial score (nSPS) is 12.5. The Balaban J connectivity index is 2.08. The van der Waals surface area contributed by atoms with E-state index in [1.54, 1.807) is 18.7 Å². The number of hydrogen-bond donors (Lipinski definition) is 1. The molecule has 1 N–H and O–H groups in total. The Morgan fingerprint density at radius 2 is 2.12 bits per heavy atom. The minimum absolute atomic E-state index is 0.113. The van der Waals surface area contributed by atoms with Crippen LogP contribution in [-0.4, -0.2) is 16.5 Å². The monoisotopic (exact) mass is 231 g/mol. The zero-order valence-electron chi connectivity index (χ0n) is 9.97. The molecule has 2 heterocycles. The molecule has 0 spiro atoms. The number of nitrogens with zero attached hydrogens (tertiary/aromatic N) is 2. The average Bonchev–Trinajstić information content (AvgIpc) is 2.88. The first-order chi connectivity index (χ1) is 8.40. The first-order valence-corrected chi connectivity index (χ1v) is 5.93. The molecule has 4 nitrogen and oxygen atoms in total. The van der Waals surface area contributed by atoms with Crippen molar-refractivity contribution in [2.45, 2.75) is 25.8 Å². The van der Waals surface area contributed by atoms with Crippen molar-refractivity contribution in [2.75, 3.05) is 6.54 Å². The molecule has 0 aliphatic rings. The van der Waals surface area contributed by atoms with Gasteiger partial charge in [0, 0.05) is 18.8 Å². The molecule has 1 atom stereocenters. The molecule has 2 aromatic rings. The van der Waals surface area contributed by atoms with Crippen molar-refractivity contribution in [3.8, 4) is 0 Å². The molecule has 2 aromatic heterocycles. The SMILES string of the molecule is CCCNC(Cc1ccco1)c1ncccn1. The number of rotatable bonds is 6. The van der Waals surface area contributed by atoms with Gasteiger partial charge in [-0.1, -0.05) is 6.92 Å². The van der Waals surface area contributed by atoms with Gasteiger partial charge in [0.25, 0.3) is 0 Å². The molecule has 0 amide bonds. The lowest BCUT2D eigenvalue weighted by Crippen LogP contribution is -2.25. The second kappa shape index (κ2) is 6.15. The van der Waals surface area contributed by atoms with Crippen molar-refractivity contribution < 1.29 is 4.42 Å². The van der Waals surface area contributed by atoms with Crippen LogP contribution in [-0.2, 0) is 6.42 Å². The number of nitrogens with one attached hydrogen (secondary N) is 1. The molecule has 0 aromatic carbocycles. The van der Waals surface area contributed by atoms with Gasteiger partial charge in [0.1, 0.15) is 11.6 Å². The minimum atomic E-state index is 0.113. The van der Waals surface area contributed by atoms with Crippen LogP contribution >= 0.6 is 0 Å². The molecule has 0 fully saturated rings. The van der Waals surface area contributed by atoms with Crippen LogP contribution in [0.4, 0.5) is 0 Å². The van der Waals surface area contributed by atoms with E-state index >= 15 is 0 Å². The molecule has 2 rings (SSSR count). The van der Waals surface area contributed by atoms with E-state index in [-0.39, 0.29) is 6.04 Å². The Hall–Kier alpha value is -1.68. The van der Waals surface area contributed by atoms with E-state index < -0.39 is 0 Å². The van der Waals surface area contributed by atoms with Crippen molar-refractivity contribution in [1.29, 1.82) is 0 Å². The van der Waals surface area contributed by atoms with Gasteiger partial charge >= 0.3 is 0 Å². The quantitative estimate of drug-likeness (QED) is 0.829. The number of furan rings is 1. The second-order valence-electron chi connectivity index (χ2n) is 3.90. The summed E-state index contributed by atoms with van der Waals surface area (Å²) in [4.78, 5) is 8.59. The smallest absolute Gasteiger partial charge is 0.145 e. The Morgan fingerprint density at radius 3 is 2.76 bits per heavy atom. The summed E-state index contributed by atoms with van der Waals surface area (Å²) in [5.41, 5.74) is 0. The van der Waals surface area contributed by atoms with Gasteiger partial charge in [0.15, 0.2) is 0 Å². The Bertz CT molecular complexity index is 413. The molecular formula is C13H17N3O. The highest BCUT2D eigenvalue weighted by Crippen LogP contribution is 2.14. The van der Waals surface area contributed by atoms with Gasteiger partial charge < -0.3 is 9.73 Å². The van der Waals surface area contributed by atoms with Crippen LogP contribution in [0.1, 0.15) is 31.0 Å². The number of aromatic nitrogens is 2. The maximum absolute atomic E-state index is 5.37.